The van der Waals surface area contributed by atoms with Gasteiger partial charge in [0.15, 0.2) is 0 Å². The lowest BCUT2D eigenvalue weighted by molar-refractivity contribution is -0.946. The molecular formula is C15H28NO+. The molecular weight excluding hydrogens is 210 g/mol. The van der Waals surface area contributed by atoms with Crippen LogP contribution in [0.3, 0.4) is 0 Å². The second kappa shape index (κ2) is 4.38. The SMILES string of the molecule is CC(C)C(=O)CC1CC2CC1C[N+]2(C)C(C)C. The standard InChI is InChI=1S/C15H28NO/c1-10(2)15(17)8-12-6-14-7-13(12)9-16(14,5)11(3)4/h10-14H,6-9H2,1-5H3/q+1. The van der Waals surface area contributed by atoms with Gasteiger partial charge in [-0.15, -0.1) is 0 Å². The lowest BCUT2D eigenvalue weighted by Gasteiger charge is -2.44. The van der Waals surface area contributed by atoms with Crippen LogP contribution in [-0.4, -0.2) is 35.9 Å². The number of piperidine rings is 1. The molecule has 0 aromatic carbocycles. The zero-order valence-electron chi connectivity index (χ0n) is 12.1. The van der Waals surface area contributed by atoms with Gasteiger partial charge in [0.2, 0.25) is 0 Å². The Morgan fingerprint density at radius 1 is 1.24 bits per heavy atom. The summed E-state index contributed by atoms with van der Waals surface area (Å²) in [4.78, 5) is 11.9. The van der Waals surface area contributed by atoms with E-state index in [0.717, 1.165) is 24.4 Å². The van der Waals surface area contributed by atoms with Crippen molar-refractivity contribution in [3.8, 4) is 0 Å². The quantitative estimate of drug-likeness (QED) is 0.688. The van der Waals surface area contributed by atoms with E-state index in [4.69, 9.17) is 0 Å². The van der Waals surface area contributed by atoms with Gasteiger partial charge < -0.3 is 4.48 Å². The lowest BCUT2D eigenvalue weighted by Crippen LogP contribution is -2.55. The molecule has 0 N–H and O–H groups in total. The molecule has 0 spiro atoms. The van der Waals surface area contributed by atoms with Crippen LogP contribution in [0.15, 0.2) is 0 Å². The molecule has 17 heavy (non-hydrogen) atoms. The highest BCUT2D eigenvalue weighted by Gasteiger charge is 2.54. The van der Waals surface area contributed by atoms with Gasteiger partial charge in [-0.25, -0.2) is 0 Å². The van der Waals surface area contributed by atoms with Gasteiger partial charge in [-0.05, 0) is 19.8 Å². The van der Waals surface area contributed by atoms with Gasteiger partial charge >= 0.3 is 0 Å². The van der Waals surface area contributed by atoms with Crippen LogP contribution in [0.4, 0.5) is 0 Å². The van der Waals surface area contributed by atoms with Crippen LogP contribution < -0.4 is 0 Å². The molecule has 2 rings (SSSR count). The number of likely N-dealkylation sites (tertiary alicyclic amines) is 1. The molecule has 2 aliphatic rings. The summed E-state index contributed by atoms with van der Waals surface area (Å²) in [6.07, 6.45) is 3.50. The Morgan fingerprint density at radius 2 is 1.88 bits per heavy atom. The maximum Gasteiger partial charge on any atom is 0.135 e. The predicted molar refractivity (Wildman–Crippen MR) is 70.7 cm³/mol. The first-order valence-corrected chi connectivity index (χ1v) is 7.22. The topological polar surface area (TPSA) is 17.1 Å². The minimum atomic E-state index is 0.222. The normalized spacial score (nSPS) is 40.5. The Kier molecular flexibility index (Phi) is 3.37. The third kappa shape index (κ3) is 2.16. The minimum Gasteiger partial charge on any atom is -0.321 e. The summed E-state index contributed by atoms with van der Waals surface area (Å²) in [7, 11) is 2.41. The first-order chi connectivity index (χ1) is 7.84. The molecule has 1 saturated carbocycles. The maximum atomic E-state index is 11.9. The van der Waals surface area contributed by atoms with Crippen molar-refractivity contribution in [1.82, 2.24) is 0 Å². The maximum absolute atomic E-state index is 11.9. The third-order valence-corrected chi connectivity index (χ3v) is 5.57. The van der Waals surface area contributed by atoms with Crippen LogP contribution in [0.25, 0.3) is 0 Å². The fourth-order valence-electron chi connectivity index (χ4n) is 3.92. The van der Waals surface area contributed by atoms with Gasteiger partial charge in [0.25, 0.3) is 0 Å². The van der Waals surface area contributed by atoms with E-state index >= 15 is 0 Å². The summed E-state index contributed by atoms with van der Waals surface area (Å²) >= 11 is 0. The summed E-state index contributed by atoms with van der Waals surface area (Å²) in [6.45, 7) is 10.1. The zero-order chi connectivity index (χ0) is 12.8. The molecule has 98 valence electrons. The van der Waals surface area contributed by atoms with Crippen LogP contribution in [-0.2, 0) is 4.79 Å². The lowest BCUT2D eigenvalue weighted by atomic mass is 9.86. The molecule has 2 nitrogen and oxygen atoms in total. The molecule has 1 saturated heterocycles. The van der Waals surface area contributed by atoms with E-state index in [9.17, 15) is 4.79 Å². The molecule has 1 heterocycles. The number of quaternary nitrogens is 1. The number of ketones is 1. The second-order valence-electron chi connectivity index (χ2n) is 7.09. The van der Waals surface area contributed by atoms with E-state index in [1.54, 1.807) is 0 Å². The van der Waals surface area contributed by atoms with E-state index in [1.165, 1.54) is 23.9 Å². The number of Topliss-reactive ketones (excluding diaryl/α,β-unsaturated/α-hetero) is 1. The highest BCUT2D eigenvalue weighted by Crippen LogP contribution is 2.48. The highest BCUT2D eigenvalue weighted by molar-refractivity contribution is 5.80. The largest absolute Gasteiger partial charge is 0.321 e. The van der Waals surface area contributed by atoms with Crippen molar-refractivity contribution in [1.29, 1.82) is 0 Å². The molecule has 2 fully saturated rings. The van der Waals surface area contributed by atoms with E-state index < -0.39 is 0 Å². The van der Waals surface area contributed by atoms with Gasteiger partial charge in [0.05, 0.1) is 25.7 Å². The van der Waals surface area contributed by atoms with Crippen molar-refractivity contribution in [3.05, 3.63) is 0 Å². The number of fused-ring (bicyclic) bond motifs is 2. The Morgan fingerprint density at radius 3 is 2.29 bits per heavy atom. The Hall–Kier alpha value is -0.370. The Bertz CT molecular complexity index is 310. The molecule has 0 aromatic heterocycles. The van der Waals surface area contributed by atoms with Gasteiger partial charge in [-0.3, -0.25) is 4.79 Å². The van der Waals surface area contributed by atoms with Crippen molar-refractivity contribution in [2.45, 2.75) is 59.0 Å². The van der Waals surface area contributed by atoms with E-state index in [1.807, 2.05) is 13.8 Å². The fourth-order valence-corrected chi connectivity index (χ4v) is 3.92. The average molecular weight is 238 g/mol. The number of rotatable bonds is 4. The van der Waals surface area contributed by atoms with Crippen LogP contribution >= 0.6 is 0 Å². The molecule has 0 amide bonds. The van der Waals surface area contributed by atoms with Crippen molar-refractivity contribution in [2.75, 3.05) is 13.6 Å². The average Bonchev–Trinajstić information content (AvgIpc) is 2.74. The molecule has 0 aromatic rings. The van der Waals surface area contributed by atoms with Crippen LogP contribution in [0.1, 0.15) is 47.0 Å². The molecule has 2 bridgehead atoms. The minimum absolute atomic E-state index is 0.222. The van der Waals surface area contributed by atoms with Crippen molar-refractivity contribution >= 4 is 5.78 Å². The summed E-state index contributed by atoms with van der Waals surface area (Å²) in [5.74, 6) is 2.20. The predicted octanol–water partition coefficient (Wildman–Crippen LogP) is 2.87. The van der Waals surface area contributed by atoms with E-state index in [0.29, 0.717) is 11.7 Å². The van der Waals surface area contributed by atoms with Crippen LogP contribution in [0, 0.1) is 17.8 Å². The van der Waals surface area contributed by atoms with Crippen molar-refractivity contribution in [2.24, 2.45) is 17.8 Å². The summed E-state index contributed by atoms with van der Waals surface area (Å²) < 4.78 is 1.25. The fraction of sp³-hybridized carbons (Fsp3) is 0.933. The smallest absolute Gasteiger partial charge is 0.135 e. The first-order valence-electron chi connectivity index (χ1n) is 7.22. The zero-order valence-corrected chi connectivity index (χ0v) is 12.1. The van der Waals surface area contributed by atoms with E-state index in [-0.39, 0.29) is 5.92 Å². The second-order valence-corrected chi connectivity index (χ2v) is 7.09. The van der Waals surface area contributed by atoms with Crippen molar-refractivity contribution < 1.29 is 9.28 Å². The van der Waals surface area contributed by atoms with Crippen LogP contribution in [0.5, 0.6) is 0 Å². The van der Waals surface area contributed by atoms with Gasteiger partial charge in [0, 0.05) is 31.1 Å². The first kappa shape index (κ1) is 13.1. The monoisotopic (exact) mass is 238 g/mol. The summed E-state index contributed by atoms with van der Waals surface area (Å²) in [5.41, 5.74) is 0. The molecule has 2 heteroatoms. The number of hydrogen-bond acceptors (Lipinski definition) is 1. The van der Waals surface area contributed by atoms with E-state index in [2.05, 4.69) is 20.9 Å². The van der Waals surface area contributed by atoms with Gasteiger partial charge in [-0.2, -0.15) is 0 Å². The summed E-state index contributed by atoms with van der Waals surface area (Å²) in [6, 6.07) is 1.55. The Labute approximate surface area is 106 Å². The number of nitrogens with zero attached hydrogens (tertiary/aromatic N) is 1. The molecule has 4 atom stereocenters. The third-order valence-electron chi connectivity index (χ3n) is 5.57. The number of carbonyl (C=O) groups excluding carboxylic acids is 1. The van der Waals surface area contributed by atoms with Gasteiger partial charge in [0.1, 0.15) is 5.78 Å². The molecule has 0 radical (unpaired) electrons. The number of carbonyl (C=O) groups is 1. The van der Waals surface area contributed by atoms with Crippen LogP contribution in [0.2, 0.25) is 0 Å². The molecule has 1 aliphatic heterocycles. The Balaban J connectivity index is 1.97. The summed E-state index contributed by atoms with van der Waals surface area (Å²) in [5, 5.41) is 0. The van der Waals surface area contributed by atoms with Crippen molar-refractivity contribution in [3.63, 3.8) is 0 Å². The molecule has 1 aliphatic carbocycles. The van der Waals surface area contributed by atoms with Gasteiger partial charge in [-0.1, -0.05) is 13.8 Å². The number of hydrogen-bond donors (Lipinski definition) is 0. The highest BCUT2D eigenvalue weighted by atomic mass is 16.1. The molecule has 4 unspecified atom stereocenters.